The van der Waals surface area contributed by atoms with Crippen LogP contribution in [0.5, 0.6) is 0 Å². The van der Waals surface area contributed by atoms with Crippen LogP contribution in [-0.2, 0) is 13.5 Å². The lowest BCUT2D eigenvalue weighted by atomic mass is 10.0. The van der Waals surface area contributed by atoms with E-state index in [0.717, 1.165) is 27.2 Å². The molecular weight excluding hydrogens is 344 g/mol. The molecule has 0 aliphatic rings. The molecule has 0 fully saturated rings. The smallest absolute Gasteiger partial charge is 0.261 e. The van der Waals surface area contributed by atoms with Crippen molar-refractivity contribution in [3.05, 3.63) is 52.0 Å². The van der Waals surface area contributed by atoms with E-state index in [4.69, 9.17) is 0 Å². The first-order valence-corrected chi connectivity index (χ1v) is 9.69. The number of carbonyl (C=O) groups excluding carboxylic acids is 1. The van der Waals surface area contributed by atoms with E-state index in [-0.39, 0.29) is 11.9 Å². The molecular formula is C20H26N4OS. The highest BCUT2D eigenvalue weighted by Crippen LogP contribution is 2.27. The fourth-order valence-electron chi connectivity index (χ4n) is 3.17. The van der Waals surface area contributed by atoms with Crippen LogP contribution >= 0.6 is 11.3 Å². The van der Waals surface area contributed by atoms with Gasteiger partial charge >= 0.3 is 0 Å². The lowest BCUT2D eigenvalue weighted by molar-refractivity contribution is 0.0946. The van der Waals surface area contributed by atoms with Crippen LogP contribution in [0.25, 0.3) is 10.2 Å². The highest BCUT2D eigenvalue weighted by atomic mass is 32.1. The number of carbonyl (C=O) groups is 1. The summed E-state index contributed by atoms with van der Waals surface area (Å²) in [5, 5.41) is 8.55. The lowest BCUT2D eigenvalue weighted by Gasteiger charge is -2.25. The Morgan fingerprint density at radius 1 is 1.31 bits per heavy atom. The Hall–Kier alpha value is -2.18. The third-order valence-electron chi connectivity index (χ3n) is 4.77. The Morgan fingerprint density at radius 2 is 2.00 bits per heavy atom. The largest absolute Gasteiger partial charge is 0.349 e. The van der Waals surface area contributed by atoms with Crippen molar-refractivity contribution in [2.75, 3.05) is 20.6 Å². The average Bonchev–Trinajstić information content (AvgIpc) is 3.17. The first-order chi connectivity index (χ1) is 12.4. The highest BCUT2D eigenvalue weighted by molar-refractivity contribution is 7.20. The first-order valence-electron chi connectivity index (χ1n) is 8.87. The van der Waals surface area contributed by atoms with Crippen molar-refractivity contribution in [1.29, 1.82) is 0 Å². The molecule has 138 valence electrons. The number of likely N-dealkylation sites (N-methyl/N-ethyl adjacent to an activating group) is 1. The quantitative estimate of drug-likeness (QED) is 0.722. The Kier molecular flexibility index (Phi) is 5.44. The summed E-state index contributed by atoms with van der Waals surface area (Å²) >= 11 is 1.49. The van der Waals surface area contributed by atoms with Gasteiger partial charge in [0.15, 0.2) is 0 Å². The minimum Gasteiger partial charge on any atom is -0.349 e. The van der Waals surface area contributed by atoms with E-state index in [1.54, 1.807) is 0 Å². The molecule has 0 saturated heterocycles. The number of aromatic nitrogens is 2. The molecule has 1 aromatic carbocycles. The molecule has 1 unspecified atom stereocenters. The predicted molar refractivity (Wildman–Crippen MR) is 108 cm³/mol. The van der Waals surface area contributed by atoms with E-state index in [1.807, 2.05) is 38.8 Å². The summed E-state index contributed by atoms with van der Waals surface area (Å²) in [6.45, 7) is 4.70. The molecule has 0 radical (unpaired) electrons. The van der Waals surface area contributed by atoms with Crippen LogP contribution < -0.4 is 5.32 Å². The normalized spacial score (nSPS) is 12.7. The number of rotatable bonds is 6. The molecule has 0 bridgehead atoms. The van der Waals surface area contributed by atoms with Crippen molar-refractivity contribution in [3.8, 4) is 0 Å². The summed E-state index contributed by atoms with van der Waals surface area (Å²) in [4.78, 5) is 16.5. The second-order valence-corrected chi connectivity index (χ2v) is 7.85. The monoisotopic (exact) mass is 370 g/mol. The minimum absolute atomic E-state index is 0.0253. The number of benzene rings is 1. The number of aryl methyl sites for hydroxylation is 3. The zero-order valence-electron chi connectivity index (χ0n) is 16.0. The maximum absolute atomic E-state index is 12.6. The van der Waals surface area contributed by atoms with Crippen LogP contribution in [0.1, 0.15) is 39.5 Å². The van der Waals surface area contributed by atoms with Crippen molar-refractivity contribution in [2.24, 2.45) is 7.05 Å². The molecule has 0 saturated carbocycles. The summed E-state index contributed by atoms with van der Waals surface area (Å²) in [6.07, 6.45) is 1.03. The fourth-order valence-corrected chi connectivity index (χ4v) is 4.21. The van der Waals surface area contributed by atoms with E-state index < -0.39 is 0 Å². The summed E-state index contributed by atoms with van der Waals surface area (Å²) in [6, 6.07) is 10.7. The number of hydrogen-bond acceptors (Lipinski definition) is 4. The second kappa shape index (κ2) is 7.60. The Balaban J connectivity index is 1.73. The van der Waals surface area contributed by atoms with Crippen molar-refractivity contribution in [2.45, 2.75) is 26.3 Å². The number of hydrogen-bond donors (Lipinski definition) is 1. The Bertz CT molecular complexity index is 873. The van der Waals surface area contributed by atoms with Gasteiger partial charge in [-0.15, -0.1) is 11.3 Å². The van der Waals surface area contributed by atoms with Gasteiger partial charge in [-0.05, 0) is 44.6 Å². The van der Waals surface area contributed by atoms with Crippen LogP contribution in [0.3, 0.4) is 0 Å². The van der Waals surface area contributed by atoms with Crippen LogP contribution in [0.15, 0.2) is 30.3 Å². The summed E-state index contributed by atoms with van der Waals surface area (Å²) < 4.78 is 1.84. The number of fused-ring (bicyclic) bond motifs is 1. The third kappa shape index (κ3) is 3.66. The Labute approximate surface area is 158 Å². The van der Waals surface area contributed by atoms with Gasteiger partial charge in [0.1, 0.15) is 4.83 Å². The van der Waals surface area contributed by atoms with Crippen molar-refractivity contribution < 1.29 is 4.79 Å². The van der Waals surface area contributed by atoms with Crippen LogP contribution in [0.4, 0.5) is 0 Å². The molecule has 0 aliphatic carbocycles. The van der Waals surface area contributed by atoms with Crippen LogP contribution in [-0.4, -0.2) is 41.2 Å². The number of amides is 1. The van der Waals surface area contributed by atoms with E-state index in [9.17, 15) is 4.79 Å². The molecule has 6 heteroatoms. The van der Waals surface area contributed by atoms with Gasteiger partial charge in [-0.1, -0.05) is 31.2 Å². The molecule has 2 aromatic heterocycles. The van der Waals surface area contributed by atoms with Crippen molar-refractivity contribution in [3.63, 3.8) is 0 Å². The van der Waals surface area contributed by atoms with Gasteiger partial charge in [0.25, 0.3) is 5.91 Å². The number of nitrogens with zero attached hydrogens (tertiary/aromatic N) is 3. The molecule has 1 atom stereocenters. The lowest BCUT2D eigenvalue weighted by Crippen LogP contribution is -2.34. The molecule has 26 heavy (non-hydrogen) atoms. The molecule has 0 spiro atoms. The number of thiophene rings is 1. The molecule has 1 N–H and O–H groups in total. The van der Waals surface area contributed by atoms with Gasteiger partial charge in [0, 0.05) is 19.0 Å². The van der Waals surface area contributed by atoms with E-state index in [0.29, 0.717) is 6.54 Å². The SMILES string of the molecule is CCc1ccc(C(CNC(=O)c2cc3c(C)nn(C)c3s2)N(C)C)cc1. The summed E-state index contributed by atoms with van der Waals surface area (Å²) in [7, 11) is 5.99. The third-order valence-corrected chi connectivity index (χ3v) is 5.97. The van der Waals surface area contributed by atoms with Gasteiger partial charge in [-0.2, -0.15) is 5.10 Å². The van der Waals surface area contributed by atoms with Crippen LogP contribution in [0.2, 0.25) is 0 Å². The van der Waals surface area contributed by atoms with Gasteiger partial charge in [-0.25, -0.2) is 0 Å². The molecule has 3 rings (SSSR count). The van der Waals surface area contributed by atoms with E-state index in [1.165, 1.54) is 22.5 Å². The van der Waals surface area contributed by atoms with Crippen LogP contribution in [0, 0.1) is 6.92 Å². The van der Waals surface area contributed by atoms with E-state index >= 15 is 0 Å². The van der Waals surface area contributed by atoms with Gasteiger partial charge < -0.3 is 10.2 Å². The predicted octanol–water partition coefficient (Wildman–Crippen LogP) is 3.54. The maximum atomic E-state index is 12.6. The molecule has 2 heterocycles. The number of nitrogens with one attached hydrogen (secondary N) is 1. The molecule has 3 aromatic rings. The first kappa shape index (κ1) is 18.6. The molecule has 0 aliphatic heterocycles. The van der Waals surface area contributed by atoms with Gasteiger partial charge in [0.05, 0.1) is 16.6 Å². The molecule has 1 amide bonds. The minimum atomic E-state index is -0.0253. The summed E-state index contributed by atoms with van der Waals surface area (Å²) in [5.74, 6) is -0.0253. The average molecular weight is 371 g/mol. The highest BCUT2D eigenvalue weighted by Gasteiger charge is 2.18. The topological polar surface area (TPSA) is 50.2 Å². The summed E-state index contributed by atoms with van der Waals surface area (Å²) in [5.41, 5.74) is 3.49. The van der Waals surface area contributed by atoms with Gasteiger partial charge in [-0.3, -0.25) is 9.48 Å². The van der Waals surface area contributed by atoms with E-state index in [2.05, 4.69) is 46.5 Å². The maximum Gasteiger partial charge on any atom is 0.261 e. The van der Waals surface area contributed by atoms with Gasteiger partial charge in [0.2, 0.25) is 0 Å². The second-order valence-electron chi connectivity index (χ2n) is 6.82. The zero-order valence-corrected chi connectivity index (χ0v) is 16.9. The fraction of sp³-hybridized carbons (Fsp3) is 0.400. The van der Waals surface area contributed by atoms with Crippen molar-refractivity contribution >= 4 is 27.5 Å². The standard InChI is InChI=1S/C20H26N4OS/c1-6-14-7-9-15(10-8-14)17(23(3)4)12-21-19(25)18-11-16-13(2)22-24(5)20(16)26-18/h7-11,17H,6,12H2,1-5H3,(H,21,25). The molecule has 5 nitrogen and oxygen atoms in total. The van der Waals surface area contributed by atoms with Crippen molar-refractivity contribution in [1.82, 2.24) is 20.0 Å². The zero-order chi connectivity index (χ0) is 18.8. The Morgan fingerprint density at radius 3 is 2.58 bits per heavy atom.